The molecule has 18 heavy (non-hydrogen) atoms. The highest BCUT2D eigenvalue weighted by molar-refractivity contribution is 5.89. The zero-order valence-electron chi connectivity index (χ0n) is 11.2. The molecule has 5 unspecified atom stereocenters. The number of fused-ring (bicyclic) bond motifs is 2. The van der Waals surface area contributed by atoms with E-state index in [4.69, 9.17) is 4.74 Å². The largest absolute Gasteiger partial charge is 0.461 e. The number of esters is 1. The van der Waals surface area contributed by atoms with Gasteiger partial charge in [-0.1, -0.05) is 25.5 Å². The third-order valence-corrected chi connectivity index (χ3v) is 5.22. The highest BCUT2D eigenvalue weighted by Crippen LogP contribution is 2.52. The fourth-order valence-electron chi connectivity index (χ4n) is 3.92. The number of carbonyl (C=O) groups excluding carboxylic acids is 2. The molecule has 0 N–H and O–H groups in total. The number of rotatable bonds is 0. The number of ether oxygens (including phenoxy) is 1. The van der Waals surface area contributed by atoms with Gasteiger partial charge in [0.2, 0.25) is 0 Å². The maximum Gasteiger partial charge on any atom is 0.309 e. The molecule has 98 valence electrons. The van der Waals surface area contributed by atoms with Crippen LogP contribution < -0.4 is 0 Å². The van der Waals surface area contributed by atoms with Crippen LogP contribution >= 0.6 is 0 Å². The third kappa shape index (κ3) is 1.42. The minimum atomic E-state index is -0.386. The first-order valence-corrected chi connectivity index (χ1v) is 6.89. The van der Waals surface area contributed by atoms with Crippen molar-refractivity contribution in [1.82, 2.24) is 0 Å². The van der Waals surface area contributed by atoms with E-state index >= 15 is 0 Å². The van der Waals surface area contributed by atoms with Crippen LogP contribution in [0.2, 0.25) is 0 Å². The van der Waals surface area contributed by atoms with E-state index in [0.717, 1.165) is 6.42 Å². The van der Waals surface area contributed by atoms with E-state index in [1.807, 2.05) is 13.8 Å². The molecular formula is C15H20O3. The van der Waals surface area contributed by atoms with E-state index in [2.05, 4.69) is 13.0 Å². The van der Waals surface area contributed by atoms with Crippen LogP contribution in [0.1, 0.15) is 40.0 Å². The molecule has 2 aliphatic carbocycles. The van der Waals surface area contributed by atoms with Gasteiger partial charge in [-0.3, -0.25) is 9.59 Å². The number of hydrogen-bond acceptors (Lipinski definition) is 3. The van der Waals surface area contributed by atoms with Crippen molar-refractivity contribution in [2.75, 3.05) is 0 Å². The first-order chi connectivity index (χ1) is 8.43. The summed E-state index contributed by atoms with van der Waals surface area (Å²) >= 11 is 0. The van der Waals surface area contributed by atoms with Gasteiger partial charge >= 0.3 is 5.97 Å². The van der Waals surface area contributed by atoms with Gasteiger partial charge in [-0.15, -0.1) is 0 Å². The Morgan fingerprint density at radius 2 is 2.06 bits per heavy atom. The molecule has 0 amide bonds. The van der Waals surface area contributed by atoms with Crippen molar-refractivity contribution in [3.8, 4) is 0 Å². The van der Waals surface area contributed by atoms with E-state index in [1.54, 1.807) is 0 Å². The summed E-state index contributed by atoms with van der Waals surface area (Å²) in [5.41, 5.74) is 0.869. The van der Waals surface area contributed by atoms with E-state index in [0.29, 0.717) is 24.5 Å². The van der Waals surface area contributed by atoms with Crippen molar-refractivity contribution in [3.05, 3.63) is 11.6 Å². The summed E-state index contributed by atoms with van der Waals surface area (Å²) in [6.07, 6.45) is 4.39. The number of allylic oxidation sites excluding steroid dienone is 1. The molecule has 5 atom stereocenters. The summed E-state index contributed by atoms with van der Waals surface area (Å²) in [7, 11) is 0. The topological polar surface area (TPSA) is 43.4 Å². The van der Waals surface area contributed by atoms with Gasteiger partial charge in [0.25, 0.3) is 0 Å². The first kappa shape index (κ1) is 11.9. The van der Waals surface area contributed by atoms with E-state index in [9.17, 15) is 9.59 Å². The minimum Gasteiger partial charge on any atom is -0.461 e. The van der Waals surface area contributed by atoms with Crippen LogP contribution in [0.15, 0.2) is 11.6 Å². The number of ketones is 1. The standard InChI is InChI=1S/C15H20O3/c1-8-4-5-13(16)15(3)7-12-10(6-11(8)15)9(2)14(17)18-12/h6,8-10,12H,4-5,7H2,1-3H3. The van der Waals surface area contributed by atoms with Gasteiger partial charge in [-0.05, 0) is 19.3 Å². The highest BCUT2D eigenvalue weighted by Gasteiger charge is 2.53. The fourth-order valence-corrected chi connectivity index (χ4v) is 3.92. The van der Waals surface area contributed by atoms with Crippen LogP contribution in [0.5, 0.6) is 0 Å². The maximum atomic E-state index is 12.3. The molecule has 1 saturated carbocycles. The zero-order chi connectivity index (χ0) is 13.1. The van der Waals surface area contributed by atoms with E-state index in [1.165, 1.54) is 5.57 Å². The molecule has 0 aromatic carbocycles. The van der Waals surface area contributed by atoms with Gasteiger partial charge in [0.05, 0.1) is 11.3 Å². The second-order valence-electron chi connectivity index (χ2n) is 6.36. The molecule has 1 saturated heterocycles. The van der Waals surface area contributed by atoms with Crippen molar-refractivity contribution < 1.29 is 14.3 Å². The Morgan fingerprint density at radius 1 is 1.33 bits per heavy atom. The second kappa shape index (κ2) is 3.69. The summed E-state index contributed by atoms with van der Waals surface area (Å²) in [5.74, 6) is 0.784. The lowest BCUT2D eigenvalue weighted by Gasteiger charge is -2.44. The molecule has 1 heterocycles. The highest BCUT2D eigenvalue weighted by atomic mass is 16.6. The zero-order valence-corrected chi connectivity index (χ0v) is 11.2. The molecule has 0 aromatic heterocycles. The quantitative estimate of drug-likeness (QED) is 0.488. The molecule has 0 radical (unpaired) electrons. The summed E-state index contributed by atoms with van der Waals surface area (Å²) in [4.78, 5) is 23.9. The van der Waals surface area contributed by atoms with Crippen LogP contribution in [-0.4, -0.2) is 17.9 Å². The molecule has 3 heteroatoms. The van der Waals surface area contributed by atoms with Crippen LogP contribution in [0.3, 0.4) is 0 Å². The Kier molecular flexibility index (Phi) is 2.45. The molecule has 2 fully saturated rings. The SMILES string of the molecule is CC1CCC(=O)C2(C)CC3OC(=O)C(C)C3C=C12. The van der Waals surface area contributed by atoms with Crippen LogP contribution in [0.25, 0.3) is 0 Å². The monoisotopic (exact) mass is 248 g/mol. The minimum absolute atomic E-state index is 0.0590. The van der Waals surface area contributed by atoms with Crippen molar-refractivity contribution in [2.45, 2.75) is 46.1 Å². The average molecular weight is 248 g/mol. The second-order valence-corrected chi connectivity index (χ2v) is 6.36. The first-order valence-electron chi connectivity index (χ1n) is 6.89. The molecule has 3 aliphatic rings. The van der Waals surface area contributed by atoms with Gasteiger partial charge in [0.1, 0.15) is 11.9 Å². The number of carbonyl (C=O) groups is 2. The van der Waals surface area contributed by atoms with Gasteiger partial charge in [-0.25, -0.2) is 0 Å². The van der Waals surface area contributed by atoms with Gasteiger partial charge in [0.15, 0.2) is 0 Å². The Balaban J connectivity index is 2.04. The van der Waals surface area contributed by atoms with Gasteiger partial charge < -0.3 is 4.74 Å². The Hall–Kier alpha value is -1.12. The van der Waals surface area contributed by atoms with E-state index < -0.39 is 0 Å². The van der Waals surface area contributed by atoms with Crippen molar-refractivity contribution in [3.63, 3.8) is 0 Å². The Labute approximate surface area is 108 Å². The molecule has 0 spiro atoms. The number of hydrogen-bond donors (Lipinski definition) is 0. The lowest BCUT2D eigenvalue weighted by Crippen LogP contribution is -2.44. The lowest BCUT2D eigenvalue weighted by molar-refractivity contribution is -0.146. The fraction of sp³-hybridized carbons (Fsp3) is 0.733. The van der Waals surface area contributed by atoms with Crippen molar-refractivity contribution >= 4 is 11.8 Å². The maximum absolute atomic E-state index is 12.3. The molecule has 3 nitrogen and oxygen atoms in total. The summed E-state index contributed by atoms with van der Waals surface area (Å²) in [6, 6.07) is 0. The predicted molar refractivity (Wildman–Crippen MR) is 66.7 cm³/mol. The Morgan fingerprint density at radius 3 is 2.78 bits per heavy atom. The number of Topliss-reactive ketones (excluding diaryl/α,β-unsaturated/α-hetero) is 1. The summed E-state index contributed by atoms with van der Waals surface area (Å²) in [5, 5.41) is 0. The average Bonchev–Trinajstić information content (AvgIpc) is 2.58. The normalized spacial score (nSPS) is 47.2. The molecule has 3 rings (SSSR count). The summed E-state index contributed by atoms with van der Waals surface area (Å²) in [6.45, 7) is 6.16. The smallest absolute Gasteiger partial charge is 0.309 e. The Bertz CT molecular complexity index is 451. The summed E-state index contributed by atoms with van der Waals surface area (Å²) < 4.78 is 5.44. The van der Waals surface area contributed by atoms with Crippen molar-refractivity contribution in [2.24, 2.45) is 23.2 Å². The predicted octanol–water partition coefficient (Wildman–Crippen LogP) is 2.50. The molecular weight excluding hydrogens is 228 g/mol. The molecule has 0 aromatic rings. The van der Waals surface area contributed by atoms with E-state index in [-0.39, 0.29) is 29.3 Å². The lowest BCUT2D eigenvalue weighted by atomic mass is 9.59. The molecule has 1 aliphatic heterocycles. The van der Waals surface area contributed by atoms with Crippen LogP contribution in [0, 0.1) is 23.2 Å². The van der Waals surface area contributed by atoms with Crippen LogP contribution in [0.4, 0.5) is 0 Å². The molecule has 0 bridgehead atoms. The van der Waals surface area contributed by atoms with Gasteiger partial charge in [0, 0.05) is 18.8 Å². The van der Waals surface area contributed by atoms with Gasteiger partial charge in [-0.2, -0.15) is 0 Å². The van der Waals surface area contributed by atoms with Crippen molar-refractivity contribution in [1.29, 1.82) is 0 Å². The van der Waals surface area contributed by atoms with Crippen LogP contribution in [-0.2, 0) is 14.3 Å². The third-order valence-electron chi connectivity index (χ3n) is 5.22.